The monoisotopic (exact) mass is 312 g/mol. The van der Waals surface area contributed by atoms with E-state index in [1.807, 2.05) is 19.1 Å². The van der Waals surface area contributed by atoms with E-state index in [4.69, 9.17) is 4.74 Å². The largest absolute Gasteiger partial charge is 0.479 e. The highest BCUT2D eigenvalue weighted by atomic mass is 16.5. The van der Waals surface area contributed by atoms with E-state index in [1.165, 1.54) is 0 Å². The van der Waals surface area contributed by atoms with Crippen molar-refractivity contribution in [3.63, 3.8) is 0 Å². The molecule has 0 spiro atoms. The van der Waals surface area contributed by atoms with Gasteiger partial charge in [-0.05, 0) is 43.9 Å². The maximum atomic E-state index is 11.7. The molecule has 120 valence electrons. The Labute approximate surface area is 135 Å². The van der Waals surface area contributed by atoms with Crippen LogP contribution in [0, 0.1) is 18.3 Å². The minimum absolute atomic E-state index is 0.137. The number of fused-ring (bicyclic) bond motifs is 3. The van der Waals surface area contributed by atoms with E-state index in [9.17, 15) is 15.2 Å². The van der Waals surface area contributed by atoms with Crippen LogP contribution in [-0.4, -0.2) is 22.2 Å². The smallest absolute Gasteiger partial charge is 0.339 e. The van der Waals surface area contributed by atoms with Crippen LogP contribution >= 0.6 is 0 Å². The van der Waals surface area contributed by atoms with Gasteiger partial charge >= 0.3 is 5.97 Å². The summed E-state index contributed by atoms with van der Waals surface area (Å²) in [6.07, 6.45) is 0.543. The molecule has 0 aliphatic carbocycles. The third kappa shape index (κ3) is 2.22. The maximum absolute atomic E-state index is 11.7. The molecule has 2 aromatic rings. The molecule has 1 aromatic carbocycles. The fourth-order valence-electron chi connectivity index (χ4n) is 3.52. The fourth-order valence-corrected chi connectivity index (χ4v) is 3.52. The van der Waals surface area contributed by atoms with E-state index in [1.54, 1.807) is 0 Å². The number of ether oxygens (including phenoxy) is 1. The average Bonchev–Trinajstić information content (AvgIpc) is 2.90. The van der Waals surface area contributed by atoms with Crippen molar-refractivity contribution in [2.45, 2.75) is 45.8 Å². The third-order valence-corrected chi connectivity index (χ3v) is 4.75. The maximum Gasteiger partial charge on any atom is 0.339 e. The molecule has 0 saturated heterocycles. The van der Waals surface area contributed by atoms with Crippen LogP contribution in [0.3, 0.4) is 0 Å². The van der Waals surface area contributed by atoms with Crippen LogP contribution in [0.15, 0.2) is 12.1 Å². The summed E-state index contributed by atoms with van der Waals surface area (Å²) >= 11 is 0. The molecule has 1 aromatic heterocycles. The molecule has 0 radical (unpaired) electrons. The Morgan fingerprint density at radius 3 is 2.91 bits per heavy atom. The first-order valence-electron chi connectivity index (χ1n) is 7.92. The first kappa shape index (κ1) is 15.6. The van der Waals surface area contributed by atoms with Crippen LogP contribution in [0.25, 0.3) is 10.9 Å². The van der Waals surface area contributed by atoms with Gasteiger partial charge in [-0.15, -0.1) is 0 Å². The van der Waals surface area contributed by atoms with Gasteiger partial charge in [-0.2, -0.15) is 5.26 Å². The number of aliphatic carboxylic acids is 1. The molecular formula is C18H20N2O3. The molecule has 5 nitrogen and oxygen atoms in total. The lowest BCUT2D eigenvalue weighted by atomic mass is 9.98. The number of carboxylic acid groups (broad SMARTS) is 1. The zero-order valence-corrected chi connectivity index (χ0v) is 13.6. The number of carbonyl (C=O) groups is 1. The van der Waals surface area contributed by atoms with E-state index in [-0.39, 0.29) is 6.04 Å². The SMILES string of the molecule is CCC(C)n1c2c(c3c(C#N)ccc(C)c31)CCO[C@H]2C(=O)O. The normalized spacial score (nSPS) is 18.4. The standard InChI is InChI=1S/C18H20N2O3/c1-4-11(3)20-15-10(2)5-6-12(9-19)14(15)13-7-8-23-17(16(13)20)18(21)22/h5-6,11,17H,4,7-8H2,1-3H3,(H,21,22)/t11?,17-/m1/s1. The number of nitrogens with zero attached hydrogens (tertiary/aromatic N) is 2. The number of hydrogen-bond acceptors (Lipinski definition) is 3. The van der Waals surface area contributed by atoms with Crippen LogP contribution in [-0.2, 0) is 16.0 Å². The molecule has 2 atom stereocenters. The third-order valence-electron chi connectivity index (χ3n) is 4.75. The summed E-state index contributed by atoms with van der Waals surface area (Å²) in [6.45, 7) is 6.52. The van der Waals surface area contributed by atoms with Crippen molar-refractivity contribution < 1.29 is 14.6 Å². The Hall–Kier alpha value is -2.32. The summed E-state index contributed by atoms with van der Waals surface area (Å²) in [5, 5.41) is 20.0. The summed E-state index contributed by atoms with van der Waals surface area (Å²) in [5.41, 5.74) is 4.30. The highest BCUT2D eigenvalue weighted by molar-refractivity contribution is 5.95. The van der Waals surface area contributed by atoms with Gasteiger partial charge in [-0.3, -0.25) is 0 Å². The molecule has 0 bridgehead atoms. The Morgan fingerprint density at radius 1 is 1.57 bits per heavy atom. The first-order valence-corrected chi connectivity index (χ1v) is 7.92. The van der Waals surface area contributed by atoms with Gasteiger partial charge in [0.1, 0.15) is 0 Å². The molecule has 5 heteroatoms. The van der Waals surface area contributed by atoms with Gasteiger partial charge in [-0.25, -0.2) is 4.79 Å². The molecule has 1 N–H and O–H groups in total. The lowest BCUT2D eigenvalue weighted by Gasteiger charge is -2.25. The van der Waals surface area contributed by atoms with Crippen molar-refractivity contribution in [1.82, 2.24) is 4.57 Å². The van der Waals surface area contributed by atoms with Gasteiger partial charge < -0.3 is 14.4 Å². The Bertz CT molecular complexity index is 829. The van der Waals surface area contributed by atoms with Gasteiger partial charge in [0.25, 0.3) is 0 Å². The fraction of sp³-hybridized carbons (Fsp3) is 0.444. The lowest BCUT2D eigenvalue weighted by molar-refractivity contribution is -0.152. The molecule has 0 amide bonds. The molecule has 2 heterocycles. The van der Waals surface area contributed by atoms with E-state index in [2.05, 4.69) is 24.5 Å². The molecular weight excluding hydrogens is 292 g/mol. The van der Waals surface area contributed by atoms with Crippen molar-refractivity contribution in [1.29, 1.82) is 5.26 Å². The number of carboxylic acids is 1. The Morgan fingerprint density at radius 2 is 2.30 bits per heavy atom. The first-order chi connectivity index (χ1) is 11.0. The minimum atomic E-state index is -0.977. The van der Waals surface area contributed by atoms with Crippen molar-refractivity contribution in [3.05, 3.63) is 34.5 Å². The van der Waals surface area contributed by atoms with E-state index < -0.39 is 12.1 Å². The van der Waals surface area contributed by atoms with Crippen LogP contribution < -0.4 is 0 Å². The van der Waals surface area contributed by atoms with Crippen LogP contribution in [0.5, 0.6) is 0 Å². The van der Waals surface area contributed by atoms with Crippen molar-refractivity contribution in [2.24, 2.45) is 0 Å². The number of benzene rings is 1. The molecule has 1 unspecified atom stereocenters. The zero-order valence-electron chi connectivity index (χ0n) is 13.6. The highest BCUT2D eigenvalue weighted by Crippen LogP contribution is 2.41. The number of rotatable bonds is 3. The predicted molar refractivity (Wildman–Crippen MR) is 86.4 cm³/mol. The quantitative estimate of drug-likeness (QED) is 0.941. The van der Waals surface area contributed by atoms with E-state index in [0.717, 1.165) is 28.5 Å². The second-order valence-corrected chi connectivity index (χ2v) is 6.10. The summed E-state index contributed by atoms with van der Waals surface area (Å²) < 4.78 is 7.62. The van der Waals surface area contributed by atoms with E-state index >= 15 is 0 Å². The molecule has 1 aliphatic heterocycles. The summed E-state index contributed by atoms with van der Waals surface area (Å²) in [4.78, 5) is 11.7. The molecule has 1 aliphatic rings. The predicted octanol–water partition coefficient (Wildman–Crippen LogP) is 3.49. The number of hydrogen-bond donors (Lipinski definition) is 1. The minimum Gasteiger partial charge on any atom is -0.479 e. The van der Waals surface area contributed by atoms with Gasteiger partial charge in [0.05, 0.1) is 29.5 Å². The van der Waals surface area contributed by atoms with Crippen molar-refractivity contribution in [2.75, 3.05) is 6.61 Å². The second-order valence-electron chi connectivity index (χ2n) is 6.10. The molecule has 0 saturated carbocycles. The topological polar surface area (TPSA) is 75.2 Å². The van der Waals surface area contributed by atoms with E-state index in [0.29, 0.717) is 24.3 Å². The summed E-state index contributed by atoms with van der Waals surface area (Å²) in [5.74, 6) is -0.977. The van der Waals surface area contributed by atoms with Crippen LogP contribution in [0.2, 0.25) is 0 Å². The van der Waals surface area contributed by atoms with Gasteiger partial charge in [-0.1, -0.05) is 13.0 Å². The number of aryl methyl sites for hydroxylation is 1. The molecule has 23 heavy (non-hydrogen) atoms. The zero-order chi connectivity index (χ0) is 16.7. The summed E-state index contributed by atoms with van der Waals surface area (Å²) in [6, 6.07) is 6.15. The Kier molecular flexibility index (Phi) is 3.87. The number of nitriles is 1. The summed E-state index contributed by atoms with van der Waals surface area (Å²) in [7, 11) is 0. The van der Waals surface area contributed by atoms with Crippen LogP contribution in [0.4, 0.5) is 0 Å². The molecule has 0 fully saturated rings. The van der Waals surface area contributed by atoms with Crippen molar-refractivity contribution >= 4 is 16.9 Å². The van der Waals surface area contributed by atoms with Crippen LogP contribution in [0.1, 0.15) is 54.8 Å². The highest BCUT2D eigenvalue weighted by Gasteiger charge is 2.35. The average molecular weight is 312 g/mol. The Balaban J connectivity index is 2.49. The lowest BCUT2D eigenvalue weighted by Crippen LogP contribution is -2.26. The van der Waals surface area contributed by atoms with Gasteiger partial charge in [0.15, 0.2) is 6.10 Å². The number of aromatic nitrogens is 1. The molecule has 3 rings (SSSR count). The van der Waals surface area contributed by atoms with Crippen molar-refractivity contribution in [3.8, 4) is 6.07 Å². The second kappa shape index (κ2) is 5.71. The van der Waals surface area contributed by atoms with Gasteiger partial charge in [0.2, 0.25) is 0 Å². The van der Waals surface area contributed by atoms with Gasteiger partial charge in [0, 0.05) is 11.4 Å².